The molecule has 0 radical (unpaired) electrons. The summed E-state index contributed by atoms with van der Waals surface area (Å²) in [5.41, 5.74) is 5.18. The summed E-state index contributed by atoms with van der Waals surface area (Å²) in [6.07, 6.45) is 1.27. The van der Waals surface area contributed by atoms with E-state index in [2.05, 4.69) is 31.3 Å². The topological polar surface area (TPSA) is 46.2 Å². The summed E-state index contributed by atoms with van der Waals surface area (Å²) < 4.78 is 0. The Balaban J connectivity index is 1.63. The molecule has 0 spiro atoms. The van der Waals surface area contributed by atoms with Gasteiger partial charge < -0.3 is 5.32 Å². The average Bonchev–Trinajstić information content (AvgIpc) is 2.87. The van der Waals surface area contributed by atoms with Crippen LogP contribution < -0.4 is 5.32 Å². The fraction of sp³-hybridized carbons (Fsp3) is 0.300. The van der Waals surface area contributed by atoms with Crippen molar-refractivity contribution in [2.24, 2.45) is 0 Å². The van der Waals surface area contributed by atoms with Crippen LogP contribution in [-0.4, -0.2) is 11.7 Å². The first-order chi connectivity index (χ1) is 11.0. The average molecular weight is 307 g/mol. The SMILES string of the molecule is CC(C)c1ccc(CC(=O)Cc2ccc3c(c2)CC(=O)N3)cc1. The smallest absolute Gasteiger partial charge is 0.228 e. The molecule has 0 fully saturated rings. The lowest BCUT2D eigenvalue weighted by molar-refractivity contribution is -0.118. The number of nitrogens with one attached hydrogen (secondary N) is 1. The van der Waals surface area contributed by atoms with Gasteiger partial charge in [-0.3, -0.25) is 9.59 Å². The van der Waals surface area contributed by atoms with Crippen LogP contribution in [0.1, 0.15) is 42.0 Å². The second-order valence-electron chi connectivity index (χ2n) is 6.50. The molecule has 3 rings (SSSR count). The molecule has 2 aromatic carbocycles. The zero-order valence-corrected chi connectivity index (χ0v) is 13.6. The van der Waals surface area contributed by atoms with E-state index in [1.165, 1.54) is 5.56 Å². The molecule has 1 heterocycles. The number of amides is 1. The monoisotopic (exact) mass is 307 g/mol. The number of hydrogen-bond donors (Lipinski definition) is 1. The summed E-state index contributed by atoms with van der Waals surface area (Å²) in [5, 5.41) is 2.81. The molecule has 1 N–H and O–H groups in total. The van der Waals surface area contributed by atoms with Crippen LogP contribution in [0.15, 0.2) is 42.5 Å². The molecule has 1 amide bonds. The van der Waals surface area contributed by atoms with Crippen molar-refractivity contribution < 1.29 is 9.59 Å². The summed E-state index contributed by atoms with van der Waals surface area (Å²) in [7, 11) is 0. The van der Waals surface area contributed by atoms with E-state index in [9.17, 15) is 9.59 Å². The minimum Gasteiger partial charge on any atom is -0.326 e. The molecular formula is C20H21NO2. The zero-order chi connectivity index (χ0) is 16.4. The predicted octanol–water partition coefficient (Wildman–Crippen LogP) is 3.66. The van der Waals surface area contributed by atoms with Crippen molar-refractivity contribution in [3.05, 3.63) is 64.7 Å². The third-order valence-electron chi connectivity index (χ3n) is 4.24. The van der Waals surface area contributed by atoms with E-state index in [4.69, 9.17) is 0 Å². The Bertz CT molecular complexity index is 745. The fourth-order valence-corrected chi connectivity index (χ4v) is 2.93. The summed E-state index contributed by atoms with van der Waals surface area (Å²) in [6.45, 7) is 4.32. The van der Waals surface area contributed by atoms with E-state index in [0.717, 1.165) is 22.4 Å². The molecule has 1 aliphatic heterocycles. The fourth-order valence-electron chi connectivity index (χ4n) is 2.93. The summed E-state index contributed by atoms with van der Waals surface area (Å²) >= 11 is 0. The maximum absolute atomic E-state index is 12.3. The number of ketones is 1. The lowest BCUT2D eigenvalue weighted by Gasteiger charge is -2.07. The molecule has 2 aromatic rings. The minimum atomic E-state index is 0.0220. The summed E-state index contributed by atoms with van der Waals surface area (Å²) in [5.74, 6) is 0.718. The summed E-state index contributed by atoms with van der Waals surface area (Å²) in [4.78, 5) is 23.7. The quantitative estimate of drug-likeness (QED) is 0.916. The maximum Gasteiger partial charge on any atom is 0.228 e. The van der Waals surface area contributed by atoms with Crippen molar-refractivity contribution in [2.75, 3.05) is 5.32 Å². The van der Waals surface area contributed by atoms with Crippen LogP contribution in [0.5, 0.6) is 0 Å². The molecule has 23 heavy (non-hydrogen) atoms. The lowest BCUT2D eigenvalue weighted by Crippen LogP contribution is -2.07. The van der Waals surface area contributed by atoms with Crippen LogP contribution in [-0.2, 0) is 28.9 Å². The number of rotatable bonds is 5. The Morgan fingerprint density at radius 2 is 1.70 bits per heavy atom. The van der Waals surface area contributed by atoms with Crippen molar-refractivity contribution in [3.63, 3.8) is 0 Å². The molecule has 118 valence electrons. The van der Waals surface area contributed by atoms with Gasteiger partial charge in [0.15, 0.2) is 0 Å². The van der Waals surface area contributed by atoms with E-state index in [-0.39, 0.29) is 11.7 Å². The van der Waals surface area contributed by atoms with Crippen molar-refractivity contribution in [3.8, 4) is 0 Å². The highest BCUT2D eigenvalue weighted by Crippen LogP contribution is 2.24. The number of hydrogen-bond acceptors (Lipinski definition) is 2. The van der Waals surface area contributed by atoms with Gasteiger partial charge in [0.2, 0.25) is 5.91 Å². The maximum atomic E-state index is 12.3. The molecule has 1 aliphatic rings. The molecule has 0 aliphatic carbocycles. The van der Waals surface area contributed by atoms with Gasteiger partial charge in [0.1, 0.15) is 5.78 Å². The minimum absolute atomic E-state index is 0.0220. The van der Waals surface area contributed by atoms with Crippen LogP contribution in [0.25, 0.3) is 0 Å². The van der Waals surface area contributed by atoms with Gasteiger partial charge in [-0.1, -0.05) is 50.2 Å². The third kappa shape index (κ3) is 3.67. The van der Waals surface area contributed by atoms with Crippen LogP contribution >= 0.6 is 0 Å². The first kappa shape index (κ1) is 15.5. The second kappa shape index (κ2) is 6.37. The molecule has 3 heteroatoms. The van der Waals surface area contributed by atoms with Gasteiger partial charge >= 0.3 is 0 Å². The van der Waals surface area contributed by atoms with Gasteiger partial charge in [0, 0.05) is 18.5 Å². The van der Waals surface area contributed by atoms with Gasteiger partial charge in [-0.2, -0.15) is 0 Å². The highest BCUT2D eigenvalue weighted by molar-refractivity contribution is 5.99. The number of carbonyl (C=O) groups is 2. The molecule has 0 atom stereocenters. The van der Waals surface area contributed by atoms with Gasteiger partial charge in [0.25, 0.3) is 0 Å². The number of fused-ring (bicyclic) bond motifs is 1. The van der Waals surface area contributed by atoms with Crippen molar-refractivity contribution in [1.29, 1.82) is 0 Å². The van der Waals surface area contributed by atoms with Crippen molar-refractivity contribution >= 4 is 17.4 Å². The Morgan fingerprint density at radius 3 is 2.39 bits per heavy atom. The Morgan fingerprint density at radius 1 is 1.04 bits per heavy atom. The molecular weight excluding hydrogens is 286 g/mol. The Kier molecular flexibility index (Phi) is 4.28. The van der Waals surface area contributed by atoms with Crippen LogP contribution in [0.4, 0.5) is 5.69 Å². The number of benzene rings is 2. The van der Waals surface area contributed by atoms with Crippen LogP contribution in [0.2, 0.25) is 0 Å². The van der Waals surface area contributed by atoms with Gasteiger partial charge in [0.05, 0.1) is 6.42 Å². The number of carbonyl (C=O) groups excluding carboxylic acids is 2. The Labute approximate surface area is 136 Å². The predicted molar refractivity (Wildman–Crippen MR) is 91.7 cm³/mol. The molecule has 3 nitrogen and oxygen atoms in total. The number of anilines is 1. The molecule has 0 unspecified atom stereocenters. The first-order valence-corrected chi connectivity index (χ1v) is 8.03. The van der Waals surface area contributed by atoms with Gasteiger partial charge in [-0.25, -0.2) is 0 Å². The van der Waals surface area contributed by atoms with Gasteiger partial charge in [-0.15, -0.1) is 0 Å². The highest BCUT2D eigenvalue weighted by atomic mass is 16.1. The molecule has 0 aromatic heterocycles. The standard InChI is InChI=1S/C20H21NO2/c1-13(2)16-6-3-14(4-7-16)10-18(22)11-15-5-8-19-17(9-15)12-20(23)21-19/h3-9,13H,10-12H2,1-2H3,(H,21,23). The van der Waals surface area contributed by atoms with E-state index in [1.807, 2.05) is 30.3 Å². The van der Waals surface area contributed by atoms with E-state index < -0.39 is 0 Å². The highest BCUT2D eigenvalue weighted by Gasteiger charge is 2.18. The van der Waals surface area contributed by atoms with Crippen LogP contribution in [0.3, 0.4) is 0 Å². The summed E-state index contributed by atoms with van der Waals surface area (Å²) in [6, 6.07) is 14.1. The van der Waals surface area contributed by atoms with E-state index in [1.54, 1.807) is 0 Å². The normalized spacial score (nSPS) is 13.1. The van der Waals surface area contributed by atoms with Gasteiger partial charge in [-0.05, 0) is 34.2 Å². The zero-order valence-electron chi connectivity index (χ0n) is 13.6. The third-order valence-corrected chi connectivity index (χ3v) is 4.24. The lowest BCUT2D eigenvalue weighted by atomic mass is 9.98. The largest absolute Gasteiger partial charge is 0.326 e. The Hall–Kier alpha value is -2.42. The molecule has 0 saturated carbocycles. The first-order valence-electron chi connectivity index (χ1n) is 8.03. The van der Waals surface area contributed by atoms with Crippen LogP contribution in [0, 0.1) is 0 Å². The molecule has 0 saturated heterocycles. The molecule has 0 bridgehead atoms. The van der Waals surface area contributed by atoms with E-state index >= 15 is 0 Å². The van der Waals surface area contributed by atoms with E-state index in [0.29, 0.717) is 25.2 Å². The second-order valence-corrected chi connectivity index (χ2v) is 6.50. The number of Topliss-reactive ketones (excluding diaryl/α,β-unsaturated/α-hetero) is 1. The van der Waals surface area contributed by atoms with Crippen molar-refractivity contribution in [1.82, 2.24) is 0 Å². The van der Waals surface area contributed by atoms with Crippen molar-refractivity contribution in [2.45, 2.75) is 39.0 Å².